The molecule has 0 unspecified atom stereocenters. The summed E-state index contributed by atoms with van der Waals surface area (Å²) in [6.07, 6.45) is -0.567. The van der Waals surface area contributed by atoms with E-state index in [0.717, 1.165) is 0 Å². The Morgan fingerprint density at radius 1 is 1.00 bits per heavy atom. The summed E-state index contributed by atoms with van der Waals surface area (Å²) in [4.78, 5) is 25.6. The fourth-order valence-electron chi connectivity index (χ4n) is 2.02. The standard InChI is InChI=1S/C15H12Cl6N4O2/c1-3-27-13(26)25(2)9-7-5-4-6-8(9)10-22-11(14(16,17)18)24-12(23-10)15(19,20)21/h4-7H,3H2,1-2H3. The smallest absolute Gasteiger partial charge is 0.414 e. The van der Waals surface area contributed by atoms with Crippen LogP contribution in [0, 0.1) is 0 Å². The van der Waals surface area contributed by atoms with E-state index in [4.69, 9.17) is 74.3 Å². The number of amides is 1. The lowest BCUT2D eigenvalue weighted by molar-refractivity contribution is 0.161. The van der Waals surface area contributed by atoms with Crippen LogP contribution in [-0.2, 0) is 12.3 Å². The highest BCUT2D eigenvalue weighted by molar-refractivity contribution is 6.67. The Labute approximate surface area is 185 Å². The number of alkyl halides is 6. The molecule has 1 aromatic carbocycles. The first-order valence-electron chi connectivity index (χ1n) is 7.35. The molecule has 0 saturated heterocycles. The van der Waals surface area contributed by atoms with E-state index in [0.29, 0.717) is 11.3 Å². The van der Waals surface area contributed by atoms with E-state index in [2.05, 4.69) is 15.0 Å². The Morgan fingerprint density at radius 2 is 1.52 bits per heavy atom. The highest BCUT2D eigenvalue weighted by atomic mass is 35.6. The van der Waals surface area contributed by atoms with Gasteiger partial charge in [-0.15, -0.1) is 0 Å². The number of nitrogens with zero attached hydrogens (tertiary/aromatic N) is 4. The van der Waals surface area contributed by atoms with E-state index in [-0.39, 0.29) is 24.1 Å². The number of aromatic nitrogens is 3. The first kappa shape index (κ1) is 22.5. The van der Waals surface area contributed by atoms with Gasteiger partial charge in [0, 0.05) is 12.6 Å². The van der Waals surface area contributed by atoms with Crippen LogP contribution in [0.5, 0.6) is 0 Å². The molecule has 6 nitrogen and oxygen atoms in total. The van der Waals surface area contributed by atoms with Crippen LogP contribution in [0.1, 0.15) is 18.6 Å². The van der Waals surface area contributed by atoms with Crippen molar-refractivity contribution in [2.45, 2.75) is 14.5 Å². The van der Waals surface area contributed by atoms with Crippen LogP contribution in [0.4, 0.5) is 10.5 Å². The zero-order chi connectivity index (χ0) is 20.4. The van der Waals surface area contributed by atoms with Crippen LogP contribution < -0.4 is 4.90 Å². The fourth-order valence-corrected chi connectivity index (χ4v) is 2.53. The van der Waals surface area contributed by atoms with E-state index in [1.54, 1.807) is 31.2 Å². The summed E-state index contributed by atoms with van der Waals surface area (Å²) in [6.45, 7) is 1.91. The first-order valence-corrected chi connectivity index (χ1v) is 9.62. The van der Waals surface area contributed by atoms with Crippen LogP contribution >= 0.6 is 69.6 Å². The molecule has 0 bridgehead atoms. The van der Waals surface area contributed by atoms with Crippen molar-refractivity contribution in [2.24, 2.45) is 0 Å². The molecule has 1 aromatic heterocycles. The van der Waals surface area contributed by atoms with Crippen molar-refractivity contribution in [1.29, 1.82) is 0 Å². The number of anilines is 1. The minimum atomic E-state index is -1.98. The van der Waals surface area contributed by atoms with E-state index >= 15 is 0 Å². The highest BCUT2D eigenvalue weighted by Gasteiger charge is 2.34. The largest absolute Gasteiger partial charge is 0.449 e. The van der Waals surface area contributed by atoms with Gasteiger partial charge in [-0.3, -0.25) is 4.90 Å². The van der Waals surface area contributed by atoms with Gasteiger partial charge in [-0.05, 0) is 19.1 Å². The molecule has 27 heavy (non-hydrogen) atoms. The van der Waals surface area contributed by atoms with Gasteiger partial charge in [-0.2, -0.15) is 0 Å². The summed E-state index contributed by atoms with van der Waals surface area (Å²) in [6, 6.07) is 6.76. The molecular weight excluding hydrogens is 481 g/mol. The lowest BCUT2D eigenvalue weighted by atomic mass is 10.1. The second kappa shape index (κ2) is 8.72. The number of hydrogen-bond donors (Lipinski definition) is 0. The Hall–Kier alpha value is -0.760. The summed E-state index contributed by atoms with van der Waals surface area (Å²) >= 11 is 35.4. The van der Waals surface area contributed by atoms with Gasteiger partial charge in [-0.1, -0.05) is 81.7 Å². The average Bonchev–Trinajstić information content (AvgIpc) is 2.59. The third kappa shape index (κ3) is 5.62. The number of carbonyl (C=O) groups is 1. The molecule has 0 aliphatic rings. The summed E-state index contributed by atoms with van der Waals surface area (Å²) in [5.74, 6) is -0.403. The van der Waals surface area contributed by atoms with E-state index in [9.17, 15) is 4.79 Å². The molecule has 1 amide bonds. The van der Waals surface area contributed by atoms with Crippen LogP contribution in [0.25, 0.3) is 11.4 Å². The van der Waals surface area contributed by atoms with Crippen LogP contribution in [-0.4, -0.2) is 34.7 Å². The molecule has 146 valence electrons. The number of rotatable bonds is 3. The first-order chi connectivity index (χ1) is 12.4. The second-order valence-corrected chi connectivity index (χ2v) is 9.64. The maximum absolute atomic E-state index is 12.1. The number of benzene rings is 1. The molecule has 0 aliphatic heterocycles. The molecule has 0 N–H and O–H groups in total. The maximum atomic E-state index is 12.1. The summed E-state index contributed by atoms with van der Waals surface area (Å²) < 4.78 is 1.05. The topological polar surface area (TPSA) is 68.2 Å². The van der Waals surface area contributed by atoms with Gasteiger partial charge in [0.2, 0.25) is 7.59 Å². The molecule has 0 fully saturated rings. The monoisotopic (exact) mass is 490 g/mol. The van der Waals surface area contributed by atoms with Crippen LogP contribution in [0.2, 0.25) is 0 Å². The molecule has 0 aliphatic carbocycles. The summed E-state index contributed by atoms with van der Waals surface area (Å²) in [5.41, 5.74) is 0.856. The minimum absolute atomic E-state index is 0.0550. The summed E-state index contributed by atoms with van der Waals surface area (Å²) in [7, 11) is 1.53. The molecule has 0 saturated carbocycles. The Morgan fingerprint density at radius 3 is 2.00 bits per heavy atom. The lowest BCUT2D eigenvalue weighted by Crippen LogP contribution is -2.27. The average molecular weight is 493 g/mol. The van der Waals surface area contributed by atoms with Crippen molar-refractivity contribution >= 4 is 81.4 Å². The SMILES string of the molecule is CCOC(=O)N(C)c1ccccc1-c1nc(C(Cl)(Cl)Cl)nc(C(Cl)(Cl)Cl)n1. The third-order valence-electron chi connectivity index (χ3n) is 3.19. The van der Waals surface area contributed by atoms with Gasteiger partial charge in [0.15, 0.2) is 17.5 Å². The highest BCUT2D eigenvalue weighted by Crippen LogP contribution is 2.41. The molecule has 2 rings (SSSR count). The van der Waals surface area contributed by atoms with Gasteiger partial charge in [-0.25, -0.2) is 19.7 Å². The number of hydrogen-bond acceptors (Lipinski definition) is 5. The molecule has 12 heteroatoms. The van der Waals surface area contributed by atoms with Crippen molar-refractivity contribution in [2.75, 3.05) is 18.6 Å². The quantitative estimate of drug-likeness (QED) is 0.508. The lowest BCUT2D eigenvalue weighted by Gasteiger charge is -2.21. The van der Waals surface area contributed by atoms with Crippen molar-refractivity contribution in [3.05, 3.63) is 35.9 Å². The third-order valence-corrected chi connectivity index (χ3v) is 4.20. The number of ether oxygens (including phenoxy) is 1. The summed E-state index contributed by atoms with van der Waals surface area (Å²) in [5, 5.41) is 0. The van der Waals surface area contributed by atoms with Gasteiger partial charge in [0.25, 0.3) is 0 Å². The zero-order valence-corrected chi connectivity index (χ0v) is 18.4. The molecular formula is C15H12Cl6N4O2. The van der Waals surface area contributed by atoms with Crippen molar-refractivity contribution in [1.82, 2.24) is 15.0 Å². The van der Waals surface area contributed by atoms with E-state index in [1.807, 2.05) is 0 Å². The van der Waals surface area contributed by atoms with Gasteiger partial charge in [0.1, 0.15) is 0 Å². The zero-order valence-electron chi connectivity index (χ0n) is 13.9. The van der Waals surface area contributed by atoms with Crippen molar-refractivity contribution in [3.8, 4) is 11.4 Å². The predicted molar refractivity (Wildman–Crippen MR) is 109 cm³/mol. The maximum Gasteiger partial charge on any atom is 0.414 e. The molecule has 1 heterocycles. The van der Waals surface area contributed by atoms with E-state index < -0.39 is 13.7 Å². The molecule has 2 aromatic rings. The minimum Gasteiger partial charge on any atom is -0.449 e. The normalized spacial score (nSPS) is 12.0. The number of halogens is 6. The fraction of sp³-hybridized carbons (Fsp3) is 0.333. The van der Waals surface area contributed by atoms with Gasteiger partial charge < -0.3 is 4.74 Å². The molecule has 0 atom stereocenters. The van der Waals surface area contributed by atoms with Crippen molar-refractivity contribution in [3.63, 3.8) is 0 Å². The number of carbonyl (C=O) groups excluding carboxylic acids is 1. The van der Waals surface area contributed by atoms with Crippen LogP contribution in [0.15, 0.2) is 24.3 Å². The van der Waals surface area contributed by atoms with Gasteiger partial charge in [0.05, 0.1) is 12.3 Å². The van der Waals surface area contributed by atoms with Crippen molar-refractivity contribution < 1.29 is 9.53 Å². The second-order valence-electron chi connectivity index (χ2n) is 5.08. The molecule has 0 radical (unpaired) electrons. The number of para-hydroxylation sites is 1. The Kier molecular flexibility index (Phi) is 7.28. The Bertz CT molecular complexity index is 806. The van der Waals surface area contributed by atoms with Gasteiger partial charge >= 0.3 is 6.09 Å². The van der Waals surface area contributed by atoms with Crippen LogP contribution in [0.3, 0.4) is 0 Å². The molecule has 0 spiro atoms. The van der Waals surface area contributed by atoms with E-state index in [1.165, 1.54) is 11.9 Å². The predicted octanol–water partition coefficient (Wildman–Crippen LogP) is 5.78. The Balaban J connectivity index is 2.67.